The van der Waals surface area contributed by atoms with Crippen LogP contribution in [0.5, 0.6) is 5.75 Å². The summed E-state index contributed by atoms with van der Waals surface area (Å²) in [5.74, 6) is 1.48. The number of hydrogen-bond acceptors (Lipinski definition) is 4. The van der Waals surface area contributed by atoms with Crippen LogP contribution in [0.3, 0.4) is 0 Å². The van der Waals surface area contributed by atoms with Crippen LogP contribution in [0, 0.1) is 5.92 Å². The minimum atomic E-state index is -0.520. The maximum Gasteiger partial charge on any atom is 0.119 e. The molecule has 5 rings (SSSR count). The maximum absolute atomic E-state index is 11.2. The predicted octanol–water partition coefficient (Wildman–Crippen LogP) is 3.32. The van der Waals surface area contributed by atoms with E-state index >= 15 is 0 Å². The molecule has 1 aromatic heterocycles. The van der Waals surface area contributed by atoms with E-state index in [0.29, 0.717) is 12.0 Å². The number of ether oxygens (including phenoxy) is 1. The highest BCUT2D eigenvalue weighted by Gasteiger charge is 2.42. The highest BCUT2D eigenvalue weighted by atomic mass is 16.5. The first kappa shape index (κ1) is 15.6. The van der Waals surface area contributed by atoms with Gasteiger partial charge in [-0.2, -0.15) is 0 Å². The molecule has 1 N–H and O–H groups in total. The highest BCUT2D eigenvalue weighted by molar-refractivity contribution is 5.83. The molecule has 1 aromatic carbocycles. The number of pyridine rings is 1. The Hall–Kier alpha value is -1.91. The molecule has 3 saturated heterocycles. The minimum Gasteiger partial charge on any atom is -0.497 e. The van der Waals surface area contributed by atoms with Crippen molar-refractivity contribution in [2.45, 2.75) is 37.5 Å². The summed E-state index contributed by atoms with van der Waals surface area (Å²) >= 11 is 0. The number of piperidine rings is 3. The van der Waals surface area contributed by atoms with Crippen molar-refractivity contribution in [3.8, 4) is 5.75 Å². The number of aromatic nitrogens is 1. The fourth-order valence-electron chi connectivity index (χ4n) is 4.48. The average molecular weight is 324 g/mol. The van der Waals surface area contributed by atoms with Gasteiger partial charge in [0, 0.05) is 23.7 Å². The number of hydrogen-bond donors (Lipinski definition) is 1. The van der Waals surface area contributed by atoms with E-state index in [1.807, 2.05) is 30.3 Å². The molecular weight excluding hydrogens is 300 g/mol. The molecule has 5 atom stereocenters. The van der Waals surface area contributed by atoms with E-state index in [1.165, 1.54) is 12.8 Å². The molecule has 4 heteroatoms. The van der Waals surface area contributed by atoms with Crippen molar-refractivity contribution in [2.24, 2.45) is 5.92 Å². The normalized spacial score (nSPS) is 30.2. The summed E-state index contributed by atoms with van der Waals surface area (Å²) in [6, 6.07) is 8.31. The van der Waals surface area contributed by atoms with Crippen LogP contribution in [-0.2, 0) is 0 Å². The Morgan fingerprint density at radius 1 is 1.38 bits per heavy atom. The summed E-state index contributed by atoms with van der Waals surface area (Å²) in [4.78, 5) is 6.86. The Morgan fingerprint density at radius 2 is 2.25 bits per heavy atom. The number of aliphatic hydroxyl groups is 1. The Balaban J connectivity index is 1.73. The number of nitrogens with zero attached hydrogens (tertiary/aromatic N) is 2. The van der Waals surface area contributed by atoms with E-state index in [4.69, 9.17) is 4.74 Å². The lowest BCUT2D eigenvalue weighted by Gasteiger charge is -2.51. The molecule has 0 radical (unpaired) electrons. The zero-order valence-corrected chi connectivity index (χ0v) is 14.1. The molecule has 0 amide bonds. The smallest absolute Gasteiger partial charge is 0.119 e. The number of aliphatic hydroxyl groups excluding tert-OH is 1. The summed E-state index contributed by atoms with van der Waals surface area (Å²) in [5, 5.41) is 12.2. The summed E-state index contributed by atoms with van der Waals surface area (Å²) in [6.45, 7) is 5.04. The zero-order valence-electron chi connectivity index (χ0n) is 14.1. The van der Waals surface area contributed by atoms with Crippen molar-refractivity contribution in [1.29, 1.82) is 0 Å². The van der Waals surface area contributed by atoms with Crippen molar-refractivity contribution in [3.63, 3.8) is 0 Å². The first-order valence-corrected chi connectivity index (χ1v) is 8.70. The van der Waals surface area contributed by atoms with Gasteiger partial charge in [0.25, 0.3) is 0 Å². The van der Waals surface area contributed by atoms with E-state index in [-0.39, 0.29) is 6.04 Å². The third-order valence-corrected chi connectivity index (χ3v) is 5.73. The van der Waals surface area contributed by atoms with Crippen molar-refractivity contribution >= 4 is 10.9 Å². The van der Waals surface area contributed by atoms with Gasteiger partial charge in [-0.15, -0.1) is 6.58 Å². The second-order valence-electron chi connectivity index (χ2n) is 6.96. The van der Waals surface area contributed by atoms with E-state index < -0.39 is 6.10 Å². The number of fused-ring (bicyclic) bond motifs is 4. The molecule has 4 nitrogen and oxygen atoms in total. The molecular formula is C20H24N2O2. The minimum absolute atomic E-state index is 0.150. The molecule has 0 spiro atoms. The van der Waals surface area contributed by atoms with Crippen molar-refractivity contribution < 1.29 is 9.84 Å². The second kappa shape index (κ2) is 6.19. The van der Waals surface area contributed by atoms with E-state index in [9.17, 15) is 5.11 Å². The monoisotopic (exact) mass is 324 g/mol. The molecule has 126 valence electrons. The lowest BCUT2D eigenvalue weighted by atomic mass is 9.76. The number of methoxy groups -OCH3 is 1. The molecule has 1 unspecified atom stereocenters. The van der Waals surface area contributed by atoms with Gasteiger partial charge in [-0.1, -0.05) is 6.08 Å². The molecule has 2 bridgehead atoms. The van der Waals surface area contributed by atoms with Gasteiger partial charge in [-0.3, -0.25) is 9.88 Å². The standard InChI is InChI=1S/C20H24N2O2/c1-3-14-10-13-7-9-22(14)19(11-13)20(23)16-6-8-21-18-5-4-15(24-2)12-17(16)18/h3-6,8,12-14,19-20,23H,1,7,9-11H2,2H3/t13-,14-,19+,20+/m1/s1. The Morgan fingerprint density at radius 3 is 3.00 bits per heavy atom. The lowest BCUT2D eigenvalue weighted by molar-refractivity contribution is -0.0473. The molecule has 3 aliphatic rings. The van der Waals surface area contributed by atoms with Crippen LogP contribution in [0.2, 0.25) is 0 Å². The van der Waals surface area contributed by atoms with Gasteiger partial charge < -0.3 is 9.84 Å². The Bertz CT molecular complexity index is 760. The molecule has 3 aliphatic heterocycles. The Labute approximate surface area is 142 Å². The molecule has 0 saturated carbocycles. The van der Waals surface area contributed by atoms with Crippen LogP contribution in [0.25, 0.3) is 10.9 Å². The van der Waals surface area contributed by atoms with E-state index in [0.717, 1.165) is 35.2 Å². The van der Waals surface area contributed by atoms with Crippen molar-refractivity contribution in [1.82, 2.24) is 9.88 Å². The van der Waals surface area contributed by atoms with Crippen LogP contribution < -0.4 is 4.74 Å². The van der Waals surface area contributed by atoms with Gasteiger partial charge in [-0.05, 0) is 61.6 Å². The summed E-state index contributed by atoms with van der Waals surface area (Å²) in [7, 11) is 1.66. The number of benzene rings is 1. The molecule has 0 aliphatic carbocycles. The summed E-state index contributed by atoms with van der Waals surface area (Å²) in [5.41, 5.74) is 1.84. The van der Waals surface area contributed by atoms with Crippen LogP contribution in [-0.4, -0.2) is 40.7 Å². The second-order valence-corrected chi connectivity index (χ2v) is 6.96. The topological polar surface area (TPSA) is 45.6 Å². The fourth-order valence-corrected chi connectivity index (χ4v) is 4.48. The van der Waals surface area contributed by atoms with Crippen molar-refractivity contribution in [2.75, 3.05) is 13.7 Å². The van der Waals surface area contributed by atoms with Gasteiger partial charge in [0.15, 0.2) is 0 Å². The van der Waals surface area contributed by atoms with Crippen molar-refractivity contribution in [3.05, 3.63) is 48.7 Å². The lowest BCUT2D eigenvalue weighted by Crippen LogP contribution is -2.55. The largest absolute Gasteiger partial charge is 0.497 e. The third kappa shape index (κ3) is 2.50. The quantitative estimate of drug-likeness (QED) is 0.877. The van der Waals surface area contributed by atoms with Crippen LogP contribution in [0.15, 0.2) is 43.1 Å². The molecule has 24 heavy (non-hydrogen) atoms. The first-order chi connectivity index (χ1) is 11.7. The molecule has 4 heterocycles. The highest BCUT2D eigenvalue weighted by Crippen LogP contribution is 2.42. The first-order valence-electron chi connectivity index (χ1n) is 8.70. The van der Waals surface area contributed by atoms with Crippen LogP contribution >= 0.6 is 0 Å². The Kier molecular flexibility index (Phi) is 4.02. The fraction of sp³-hybridized carbons (Fsp3) is 0.450. The molecule has 3 fully saturated rings. The maximum atomic E-state index is 11.2. The zero-order chi connectivity index (χ0) is 16.7. The summed E-state index contributed by atoms with van der Waals surface area (Å²) in [6.07, 6.45) is 6.77. The van der Waals surface area contributed by atoms with Crippen LogP contribution in [0.1, 0.15) is 30.9 Å². The average Bonchev–Trinajstić information content (AvgIpc) is 2.66. The summed E-state index contributed by atoms with van der Waals surface area (Å²) < 4.78 is 5.35. The van der Waals surface area contributed by atoms with E-state index in [1.54, 1.807) is 13.3 Å². The van der Waals surface area contributed by atoms with Gasteiger partial charge >= 0.3 is 0 Å². The van der Waals surface area contributed by atoms with Crippen LogP contribution in [0.4, 0.5) is 0 Å². The van der Waals surface area contributed by atoms with Gasteiger partial charge in [0.2, 0.25) is 0 Å². The predicted molar refractivity (Wildman–Crippen MR) is 95.1 cm³/mol. The van der Waals surface area contributed by atoms with Gasteiger partial charge in [0.05, 0.1) is 18.7 Å². The van der Waals surface area contributed by atoms with Gasteiger partial charge in [-0.25, -0.2) is 0 Å². The molecule has 2 aromatic rings. The van der Waals surface area contributed by atoms with Gasteiger partial charge in [0.1, 0.15) is 5.75 Å². The van der Waals surface area contributed by atoms with E-state index in [2.05, 4.69) is 16.5 Å². The third-order valence-electron chi connectivity index (χ3n) is 5.73. The SMILES string of the molecule is C=C[C@@H]1C[C@H]2CCN1[C@H]([C@@H](O)c1ccnc3ccc(OC)cc13)C2. The number of rotatable bonds is 4.